The SMILES string of the molecule is Cc1cncc2c1c(CC1CC(CC3CCOCC3)N(C(=O)OC(C)(C)C)C1)cn2-c1ccc(F)cc1C(=O)N(C)C(C)C. The molecule has 2 aliphatic rings. The van der Waals surface area contributed by atoms with Gasteiger partial charge in [-0.15, -0.1) is 0 Å². The van der Waals surface area contributed by atoms with Crippen molar-refractivity contribution in [3.05, 3.63) is 59.3 Å². The number of nitrogens with zero attached hydrogens (tertiary/aromatic N) is 4. The van der Waals surface area contributed by atoms with Crippen LogP contribution in [0.15, 0.2) is 36.8 Å². The smallest absolute Gasteiger partial charge is 0.410 e. The van der Waals surface area contributed by atoms with Crippen LogP contribution < -0.4 is 0 Å². The van der Waals surface area contributed by atoms with Crippen molar-refractivity contribution in [1.82, 2.24) is 19.4 Å². The van der Waals surface area contributed by atoms with Crippen LogP contribution in [0.25, 0.3) is 16.6 Å². The zero-order valence-electron chi connectivity index (χ0n) is 27.2. The fraction of sp³-hybridized carbons (Fsp3) is 0.571. The number of pyridine rings is 1. The minimum atomic E-state index is -0.566. The Bertz CT molecular complexity index is 1500. The van der Waals surface area contributed by atoms with Gasteiger partial charge in [0.15, 0.2) is 0 Å². The number of amides is 2. The number of ether oxygens (including phenoxy) is 2. The number of halogens is 1. The first-order valence-corrected chi connectivity index (χ1v) is 15.9. The fourth-order valence-electron chi connectivity index (χ4n) is 6.72. The Morgan fingerprint density at radius 3 is 2.57 bits per heavy atom. The van der Waals surface area contributed by atoms with Crippen LogP contribution in [-0.2, 0) is 15.9 Å². The highest BCUT2D eigenvalue weighted by molar-refractivity contribution is 5.99. The summed E-state index contributed by atoms with van der Waals surface area (Å²) in [5.74, 6) is 0.0775. The largest absolute Gasteiger partial charge is 0.444 e. The molecule has 0 bridgehead atoms. The molecule has 2 aromatic heterocycles. The molecule has 2 amide bonds. The maximum Gasteiger partial charge on any atom is 0.410 e. The molecule has 44 heavy (non-hydrogen) atoms. The number of likely N-dealkylation sites (tertiary alicyclic amines) is 1. The summed E-state index contributed by atoms with van der Waals surface area (Å²) in [4.78, 5) is 34.9. The molecule has 0 saturated carbocycles. The van der Waals surface area contributed by atoms with E-state index in [2.05, 4.69) is 11.2 Å². The first-order chi connectivity index (χ1) is 20.8. The zero-order valence-corrected chi connectivity index (χ0v) is 27.2. The number of fused-ring (bicyclic) bond motifs is 1. The number of hydrogen-bond acceptors (Lipinski definition) is 5. The minimum Gasteiger partial charge on any atom is -0.444 e. The summed E-state index contributed by atoms with van der Waals surface area (Å²) < 4.78 is 27.9. The lowest BCUT2D eigenvalue weighted by molar-refractivity contribution is 0.0162. The average Bonchev–Trinajstić information content (AvgIpc) is 3.53. The van der Waals surface area contributed by atoms with Crippen LogP contribution in [0.4, 0.5) is 9.18 Å². The van der Waals surface area contributed by atoms with Crippen molar-refractivity contribution in [2.75, 3.05) is 26.8 Å². The molecule has 0 aliphatic carbocycles. The third-order valence-corrected chi connectivity index (χ3v) is 9.11. The fourth-order valence-corrected chi connectivity index (χ4v) is 6.72. The first-order valence-electron chi connectivity index (χ1n) is 15.9. The van der Waals surface area contributed by atoms with Crippen LogP contribution in [0.5, 0.6) is 0 Å². The molecule has 0 N–H and O–H groups in total. The van der Waals surface area contributed by atoms with E-state index in [4.69, 9.17) is 9.47 Å². The van der Waals surface area contributed by atoms with Gasteiger partial charge in [-0.05, 0) is 115 Å². The highest BCUT2D eigenvalue weighted by atomic mass is 19.1. The number of carbonyl (C=O) groups excluding carboxylic acids is 2. The van der Waals surface area contributed by atoms with E-state index in [-0.39, 0.29) is 30.0 Å². The Kier molecular flexibility index (Phi) is 9.35. The van der Waals surface area contributed by atoms with E-state index in [9.17, 15) is 14.0 Å². The number of hydrogen-bond donors (Lipinski definition) is 0. The van der Waals surface area contributed by atoms with Crippen molar-refractivity contribution < 1.29 is 23.5 Å². The molecule has 3 aromatic rings. The van der Waals surface area contributed by atoms with Gasteiger partial charge in [-0.3, -0.25) is 9.78 Å². The summed E-state index contributed by atoms with van der Waals surface area (Å²) >= 11 is 0. The van der Waals surface area contributed by atoms with Crippen LogP contribution >= 0.6 is 0 Å². The zero-order chi connectivity index (χ0) is 31.8. The third kappa shape index (κ3) is 6.93. The van der Waals surface area contributed by atoms with Crippen LogP contribution in [0.1, 0.15) is 81.8 Å². The lowest BCUT2D eigenvalue weighted by Crippen LogP contribution is -2.41. The summed E-state index contributed by atoms with van der Waals surface area (Å²) in [7, 11) is 1.74. The van der Waals surface area contributed by atoms with Crippen molar-refractivity contribution in [3.8, 4) is 5.69 Å². The van der Waals surface area contributed by atoms with Gasteiger partial charge in [-0.1, -0.05) is 0 Å². The molecule has 8 nitrogen and oxygen atoms in total. The van der Waals surface area contributed by atoms with Crippen LogP contribution in [0, 0.1) is 24.6 Å². The van der Waals surface area contributed by atoms with Gasteiger partial charge in [0.25, 0.3) is 5.91 Å². The van der Waals surface area contributed by atoms with E-state index in [1.807, 2.05) is 63.4 Å². The van der Waals surface area contributed by atoms with E-state index in [0.29, 0.717) is 23.7 Å². The Balaban J connectivity index is 1.49. The Morgan fingerprint density at radius 1 is 1.16 bits per heavy atom. The van der Waals surface area contributed by atoms with Gasteiger partial charge in [-0.2, -0.15) is 0 Å². The second-order valence-electron chi connectivity index (χ2n) is 13.9. The average molecular weight is 607 g/mol. The van der Waals surface area contributed by atoms with Crippen LogP contribution in [0.3, 0.4) is 0 Å². The molecule has 2 unspecified atom stereocenters. The topological polar surface area (TPSA) is 76.9 Å². The third-order valence-electron chi connectivity index (χ3n) is 9.11. The maximum atomic E-state index is 14.5. The predicted molar refractivity (Wildman–Crippen MR) is 170 cm³/mol. The maximum absolute atomic E-state index is 14.5. The summed E-state index contributed by atoms with van der Waals surface area (Å²) in [5, 5.41) is 1.08. The minimum absolute atomic E-state index is 0.0381. The van der Waals surface area contributed by atoms with E-state index in [0.717, 1.165) is 67.3 Å². The van der Waals surface area contributed by atoms with Crippen LogP contribution in [-0.4, -0.2) is 75.8 Å². The molecular formula is C35H47FN4O4. The molecule has 0 radical (unpaired) electrons. The van der Waals surface area contributed by atoms with Crippen molar-refractivity contribution in [3.63, 3.8) is 0 Å². The van der Waals surface area contributed by atoms with Gasteiger partial charge in [0.05, 0.1) is 23.0 Å². The number of carbonyl (C=O) groups is 2. The van der Waals surface area contributed by atoms with Crippen molar-refractivity contribution in [1.29, 1.82) is 0 Å². The highest BCUT2D eigenvalue weighted by Gasteiger charge is 2.39. The van der Waals surface area contributed by atoms with Gasteiger partial charge in [0.1, 0.15) is 11.4 Å². The van der Waals surface area contributed by atoms with E-state index in [1.54, 1.807) is 18.0 Å². The molecule has 2 atom stereocenters. The highest BCUT2D eigenvalue weighted by Crippen LogP contribution is 2.37. The van der Waals surface area contributed by atoms with Crippen molar-refractivity contribution >= 4 is 22.9 Å². The molecule has 2 saturated heterocycles. The molecule has 238 valence electrons. The van der Waals surface area contributed by atoms with E-state index >= 15 is 0 Å². The Labute approximate surface area is 260 Å². The van der Waals surface area contributed by atoms with Crippen LogP contribution in [0.2, 0.25) is 0 Å². The molecule has 0 spiro atoms. The summed E-state index contributed by atoms with van der Waals surface area (Å²) in [6, 6.07) is 4.46. The quantitative estimate of drug-likeness (QED) is 0.291. The van der Waals surface area contributed by atoms with Gasteiger partial charge in [-0.25, -0.2) is 9.18 Å². The lowest BCUT2D eigenvalue weighted by atomic mass is 9.89. The second-order valence-corrected chi connectivity index (χ2v) is 13.9. The van der Waals surface area contributed by atoms with Gasteiger partial charge >= 0.3 is 6.09 Å². The monoisotopic (exact) mass is 606 g/mol. The van der Waals surface area contributed by atoms with Gasteiger partial charge in [0, 0.05) is 56.7 Å². The lowest BCUT2D eigenvalue weighted by Gasteiger charge is -2.31. The van der Waals surface area contributed by atoms with E-state index < -0.39 is 11.4 Å². The summed E-state index contributed by atoms with van der Waals surface area (Å²) in [6.45, 7) is 13.8. The second kappa shape index (κ2) is 12.9. The first kappa shape index (κ1) is 31.9. The number of benzene rings is 1. The standard InChI is InChI=1S/C35H47FN4O4/c1-22(2)38(7)33(41)29-17-27(36)8-9-30(29)40-21-26(32-23(3)18-37-19-31(32)40)14-25-16-28(15-24-10-12-43-13-11-24)39(20-25)34(42)44-35(4,5)6/h8-9,17-19,21-22,24-25,28H,10-16,20H2,1-7H3. The molecule has 2 aliphatic heterocycles. The van der Waals surface area contributed by atoms with Crippen molar-refractivity contribution in [2.24, 2.45) is 11.8 Å². The molecule has 4 heterocycles. The number of aryl methyl sites for hydroxylation is 1. The summed E-state index contributed by atoms with van der Waals surface area (Å²) in [5.41, 5.74) is 3.39. The molecule has 2 fully saturated rings. The number of rotatable bonds is 7. The molecular weight excluding hydrogens is 559 g/mol. The van der Waals surface area contributed by atoms with Gasteiger partial charge < -0.3 is 23.8 Å². The predicted octanol–water partition coefficient (Wildman–Crippen LogP) is 6.94. The Morgan fingerprint density at radius 2 is 1.89 bits per heavy atom. The van der Waals surface area contributed by atoms with E-state index in [1.165, 1.54) is 12.1 Å². The summed E-state index contributed by atoms with van der Waals surface area (Å²) in [6.07, 6.45) is 10.1. The Hall–Kier alpha value is -3.46. The molecule has 5 rings (SSSR count). The molecule has 1 aromatic carbocycles. The molecule has 9 heteroatoms. The van der Waals surface area contributed by atoms with Crippen molar-refractivity contribution in [2.45, 2.75) is 91.3 Å². The van der Waals surface area contributed by atoms with Gasteiger partial charge in [0.2, 0.25) is 0 Å². The number of aromatic nitrogens is 2. The normalized spacial score (nSPS) is 19.6.